The average Bonchev–Trinajstić information content (AvgIpc) is 2.25. The second kappa shape index (κ2) is 5.52. The molecular formula is C10H17F3N2O. The number of piperidine rings is 1. The maximum atomic E-state index is 11.9. The van der Waals surface area contributed by atoms with Crippen LogP contribution in [0.3, 0.4) is 0 Å². The van der Waals surface area contributed by atoms with Crippen LogP contribution in [0.15, 0.2) is 0 Å². The van der Waals surface area contributed by atoms with Gasteiger partial charge in [0.15, 0.2) is 0 Å². The van der Waals surface area contributed by atoms with Crippen molar-refractivity contribution in [2.24, 2.45) is 0 Å². The minimum Gasteiger partial charge on any atom is -0.341 e. The minimum atomic E-state index is -4.25. The molecule has 3 nitrogen and oxygen atoms in total. The fourth-order valence-electron chi connectivity index (χ4n) is 1.79. The summed E-state index contributed by atoms with van der Waals surface area (Å²) in [6, 6.07) is 0.0366. The van der Waals surface area contributed by atoms with Gasteiger partial charge < -0.3 is 10.2 Å². The van der Waals surface area contributed by atoms with Gasteiger partial charge in [-0.3, -0.25) is 4.79 Å². The Hall–Kier alpha value is -0.780. The third kappa shape index (κ3) is 4.38. The van der Waals surface area contributed by atoms with E-state index in [0.717, 1.165) is 19.4 Å². The van der Waals surface area contributed by atoms with Gasteiger partial charge in [0.1, 0.15) is 0 Å². The molecule has 0 aromatic heterocycles. The molecule has 0 spiro atoms. The first-order valence-electron chi connectivity index (χ1n) is 5.43. The van der Waals surface area contributed by atoms with Crippen LogP contribution in [0.4, 0.5) is 13.2 Å². The molecule has 1 atom stereocenters. The molecule has 1 rings (SSSR count). The van der Waals surface area contributed by atoms with Crippen molar-refractivity contribution in [2.75, 3.05) is 20.1 Å². The van der Waals surface area contributed by atoms with Gasteiger partial charge in [-0.2, -0.15) is 13.2 Å². The second-order valence-electron chi connectivity index (χ2n) is 4.12. The Morgan fingerprint density at radius 3 is 2.69 bits per heavy atom. The summed E-state index contributed by atoms with van der Waals surface area (Å²) >= 11 is 0. The first-order chi connectivity index (χ1) is 7.40. The summed E-state index contributed by atoms with van der Waals surface area (Å²) in [6.45, 7) is 1.59. The largest absolute Gasteiger partial charge is 0.389 e. The molecule has 6 heteroatoms. The highest BCUT2D eigenvalue weighted by Crippen LogP contribution is 2.22. The van der Waals surface area contributed by atoms with Crippen molar-refractivity contribution in [3.8, 4) is 0 Å². The van der Waals surface area contributed by atoms with Crippen LogP contribution in [0.2, 0.25) is 0 Å². The van der Waals surface area contributed by atoms with Gasteiger partial charge in [-0.05, 0) is 19.4 Å². The van der Waals surface area contributed by atoms with Crippen LogP contribution < -0.4 is 5.32 Å². The molecule has 1 N–H and O–H groups in total. The number of hydrogen-bond donors (Lipinski definition) is 1. The molecule has 16 heavy (non-hydrogen) atoms. The van der Waals surface area contributed by atoms with Crippen molar-refractivity contribution >= 4 is 5.91 Å². The number of hydrogen-bond acceptors (Lipinski definition) is 2. The Labute approximate surface area is 93.0 Å². The lowest BCUT2D eigenvalue weighted by molar-refractivity contribution is -0.149. The molecule has 1 saturated heterocycles. The van der Waals surface area contributed by atoms with Gasteiger partial charge in [-0.1, -0.05) is 0 Å². The normalized spacial score (nSPS) is 21.9. The van der Waals surface area contributed by atoms with Gasteiger partial charge in [-0.25, -0.2) is 0 Å². The first kappa shape index (κ1) is 13.3. The second-order valence-corrected chi connectivity index (χ2v) is 4.12. The lowest BCUT2D eigenvalue weighted by atomic mass is 10.1. The molecule has 1 amide bonds. The predicted octanol–water partition coefficient (Wildman–Crippen LogP) is 1.54. The van der Waals surface area contributed by atoms with Gasteiger partial charge >= 0.3 is 6.18 Å². The lowest BCUT2D eigenvalue weighted by Crippen LogP contribution is -2.46. The molecule has 1 heterocycles. The smallest absolute Gasteiger partial charge is 0.341 e. The molecule has 94 valence electrons. The van der Waals surface area contributed by atoms with Crippen molar-refractivity contribution in [2.45, 2.75) is 37.9 Å². The number of rotatable bonds is 3. The lowest BCUT2D eigenvalue weighted by Gasteiger charge is -2.31. The van der Waals surface area contributed by atoms with E-state index in [1.807, 2.05) is 0 Å². The van der Waals surface area contributed by atoms with E-state index in [1.165, 1.54) is 4.90 Å². The van der Waals surface area contributed by atoms with E-state index in [0.29, 0.717) is 6.54 Å². The zero-order chi connectivity index (χ0) is 12.2. The van der Waals surface area contributed by atoms with Crippen LogP contribution in [0.5, 0.6) is 0 Å². The summed E-state index contributed by atoms with van der Waals surface area (Å²) in [5.41, 5.74) is 0. The van der Waals surface area contributed by atoms with Crippen LogP contribution in [-0.4, -0.2) is 43.2 Å². The average molecular weight is 238 g/mol. The zero-order valence-corrected chi connectivity index (χ0v) is 9.31. The molecular weight excluding hydrogens is 221 g/mol. The number of nitrogens with zero attached hydrogens (tertiary/aromatic N) is 1. The molecule has 0 bridgehead atoms. The van der Waals surface area contributed by atoms with Crippen molar-refractivity contribution in [3.63, 3.8) is 0 Å². The van der Waals surface area contributed by atoms with Gasteiger partial charge in [0.05, 0.1) is 6.42 Å². The van der Waals surface area contributed by atoms with Gasteiger partial charge in [0, 0.05) is 26.1 Å². The molecule has 1 fully saturated rings. The van der Waals surface area contributed by atoms with Crippen LogP contribution >= 0.6 is 0 Å². The topological polar surface area (TPSA) is 32.3 Å². The number of nitrogens with one attached hydrogen (secondary N) is 1. The number of alkyl halides is 3. The summed E-state index contributed by atoms with van der Waals surface area (Å²) in [6.07, 6.45) is -3.91. The summed E-state index contributed by atoms with van der Waals surface area (Å²) in [4.78, 5) is 12.9. The summed E-state index contributed by atoms with van der Waals surface area (Å²) in [7, 11) is 1.58. The van der Waals surface area contributed by atoms with Crippen molar-refractivity contribution in [1.82, 2.24) is 10.2 Å². The number of carbonyl (C=O) groups excluding carboxylic acids is 1. The van der Waals surface area contributed by atoms with E-state index in [-0.39, 0.29) is 6.04 Å². The number of amides is 1. The minimum absolute atomic E-state index is 0.0366. The molecule has 1 aliphatic rings. The van der Waals surface area contributed by atoms with Gasteiger partial charge in [0.25, 0.3) is 0 Å². The van der Waals surface area contributed by atoms with Crippen molar-refractivity contribution < 1.29 is 18.0 Å². The molecule has 0 aromatic rings. The van der Waals surface area contributed by atoms with E-state index in [4.69, 9.17) is 0 Å². The van der Waals surface area contributed by atoms with E-state index in [2.05, 4.69) is 5.32 Å². The third-order valence-corrected chi connectivity index (χ3v) is 2.83. The van der Waals surface area contributed by atoms with Crippen LogP contribution in [0.1, 0.15) is 25.7 Å². The summed E-state index contributed by atoms with van der Waals surface area (Å²) < 4.78 is 35.8. The fraction of sp³-hybridized carbons (Fsp3) is 0.900. The molecule has 0 radical (unpaired) electrons. The Morgan fingerprint density at radius 1 is 1.50 bits per heavy atom. The highest BCUT2D eigenvalue weighted by molar-refractivity contribution is 5.76. The monoisotopic (exact) mass is 238 g/mol. The van der Waals surface area contributed by atoms with Crippen LogP contribution in [0.25, 0.3) is 0 Å². The molecule has 1 aliphatic heterocycles. The number of likely N-dealkylation sites (N-methyl/N-ethyl adjacent to an activating group) is 1. The number of halogens is 3. The van der Waals surface area contributed by atoms with E-state index >= 15 is 0 Å². The van der Waals surface area contributed by atoms with Gasteiger partial charge in [-0.15, -0.1) is 0 Å². The SMILES string of the molecule is CN(C(=O)CCC(F)(F)F)C1CCCNC1. The summed E-state index contributed by atoms with van der Waals surface area (Å²) in [5.74, 6) is -0.425. The number of carbonyl (C=O) groups is 1. The Bertz CT molecular complexity index is 237. The zero-order valence-electron chi connectivity index (χ0n) is 9.31. The quantitative estimate of drug-likeness (QED) is 0.809. The summed E-state index contributed by atoms with van der Waals surface area (Å²) in [5, 5.41) is 3.13. The fourth-order valence-corrected chi connectivity index (χ4v) is 1.79. The highest BCUT2D eigenvalue weighted by atomic mass is 19.4. The van der Waals surface area contributed by atoms with E-state index in [1.54, 1.807) is 7.05 Å². The van der Waals surface area contributed by atoms with E-state index in [9.17, 15) is 18.0 Å². The molecule has 0 saturated carbocycles. The standard InChI is InChI=1S/C10H17F3N2O/c1-15(8-3-2-6-14-7-8)9(16)4-5-10(11,12)13/h8,14H,2-7H2,1H3. The Balaban J connectivity index is 2.34. The van der Waals surface area contributed by atoms with Crippen molar-refractivity contribution in [3.05, 3.63) is 0 Å². The molecule has 0 aromatic carbocycles. The molecule has 0 aliphatic carbocycles. The van der Waals surface area contributed by atoms with Crippen molar-refractivity contribution in [1.29, 1.82) is 0 Å². The van der Waals surface area contributed by atoms with E-state index < -0.39 is 24.9 Å². The Kier molecular flexibility index (Phi) is 4.58. The van der Waals surface area contributed by atoms with Crippen LogP contribution in [0, 0.1) is 0 Å². The highest BCUT2D eigenvalue weighted by Gasteiger charge is 2.30. The predicted molar refractivity (Wildman–Crippen MR) is 54.0 cm³/mol. The first-order valence-corrected chi connectivity index (χ1v) is 5.43. The maximum absolute atomic E-state index is 11.9. The maximum Gasteiger partial charge on any atom is 0.389 e. The third-order valence-electron chi connectivity index (χ3n) is 2.83. The van der Waals surface area contributed by atoms with Gasteiger partial charge in [0.2, 0.25) is 5.91 Å². The Morgan fingerprint density at radius 2 is 2.19 bits per heavy atom. The van der Waals surface area contributed by atoms with Crippen LogP contribution in [-0.2, 0) is 4.79 Å². The molecule has 1 unspecified atom stereocenters.